The number of alkyl halides is 6. The number of hydrogen-bond donors (Lipinski definition) is 0. The molecule has 0 bridgehead atoms. The summed E-state index contributed by atoms with van der Waals surface area (Å²) in [4.78, 5) is 15.0. The van der Waals surface area contributed by atoms with E-state index in [1.165, 1.54) is 0 Å². The van der Waals surface area contributed by atoms with E-state index in [0.717, 1.165) is 11.0 Å². The number of halogens is 6. The Morgan fingerprint density at radius 3 is 2.14 bits per heavy atom. The largest absolute Gasteiger partial charge is 0.407 e. The third-order valence-electron chi connectivity index (χ3n) is 2.54. The third kappa shape index (κ3) is 4.71. The highest BCUT2D eigenvalue weighted by molar-refractivity contribution is 5.84. The first-order valence-electron chi connectivity index (χ1n) is 5.95. The number of aromatic nitrogens is 3. The van der Waals surface area contributed by atoms with E-state index in [4.69, 9.17) is 0 Å². The van der Waals surface area contributed by atoms with Gasteiger partial charge in [0.15, 0.2) is 5.78 Å². The van der Waals surface area contributed by atoms with E-state index in [0.29, 0.717) is 0 Å². The standard InChI is InChI=1S/C11H13F6N3O/c1-6(2)4-20-8(18-5-19-20)3-7(21)9(10(12,13)14)11(15,16)17/h5-6,9H,3-4H2,1-2H3. The van der Waals surface area contributed by atoms with Gasteiger partial charge in [0.05, 0.1) is 6.42 Å². The summed E-state index contributed by atoms with van der Waals surface area (Å²) < 4.78 is 75.7. The molecule has 0 saturated carbocycles. The minimum atomic E-state index is -5.68. The van der Waals surface area contributed by atoms with Crippen LogP contribution in [0.1, 0.15) is 19.7 Å². The van der Waals surface area contributed by atoms with Gasteiger partial charge in [0.1, 0.15) is 12.2 Å². The number of hydrogen-bond acceptors (Lipinski definition) is 3. The number of carbonyl (C=O) groups excluding carboxylic acids is 1. The number of Topliss-reactive ketones (excluding diaryl/α,β-unsaturated/α-hetero) is 1. The Morgan fingerprint density at radius 2 is 1.71 bits per heavy atom. The molecule has 0 aliphatic rings. The molecule has 21 heavy (non-hydrogen) atoms. The predicted octanol–water partition coefficient (Wildman–Crippen LogP) is 2.79. The van der Waals surface area contributed by atoms with E-state index in [2.05, 4.69) is 10.1 Å². The highest BCUT2D eigenvalue weighted by Gasteiger charge is 2.60. The van der Waals surface area contributed by atoms with Crippen LogP contribution >= 0.6 is 0 Å². The number of rotatable bonds is 5. The fraction of sp³-hybridized carbons (Fsp3) is 0.727. The normalized spacial score (nSPS) is 13.2. The molecule has 1 aromatic heterocycles. The van der Waals surface area contributed by atoms with Gasteiger partial charge in [-0.15, -0.1) is 0 Å². The monoisotopic (exact) mass is 317 g/mol. The maximum atomic E-state index is 12.4. The molecule has 120 valence electrons. The summed E-state index contributed by atoms with van der Waals surface area (Å²) in [5.41, 5.74) is 0. The lowest BCUT2D eigenvalue weighted by atomic mass is 10.00. The van der Waals surface area contributed by atoms with Crippen molar-refractivity contribution in [3.8, 4) is 0 Å². The van der Waals surface area contributed by atoms with Crippen molar-refractivity contribution in [3.63, 3.8) is 0 Å². The van der Waals surface area contributed by atoms with Crippen LogP contribution in [0.2, 0.25) is 0 Å². The summed E-state index contributed by atoms with van der Waals surface area (Å²) in [6, 6.07) is 0. The van der Waals surface area contributed by atoms with Crippen LogP contribution in [0.15, 0.2) is 6.33 Å². The summed E-state index contributed by atoms with van der Waals surface area (Å²) in [5, 5.41) is 3.68. The summed E-state index contributed by atoms with van der Waals surface area (Å²) in [7, 11) is 0. The molecule has 0 aliphatic heterocycles. The van der Waals surface area contributed by atoms with Crippen molar-refractivity contribution >= 4 is 5.78 Å². The van der Waals surface area contributed by atoms with Gasteiger partial charge < -0.3 is 0 Å². The summed E-state index contributed by atoms with van der Waals surface area (Å²) in [6.07, 6.45) is -11.5. The number of nitrogens with zero attached hydrogens (tertiary/aromatic N) is 3. The molecule has 1 heterocycles. The van der Waals surface area contributed by atoms with Crippen LogP contribution in [0.25, 0.3) is 0 Å². The van der Waals surface area contributed by atoms with Gasteiger partial charge in [-0.2, -0.15) is 31.4 Å². The lowest BCUT2D eigenvalue weighted by Crippen LogP contribution is -2.43. The first-order valence-corrected chi connectivity index (χ1v) is 5.95. The van der Waals surface area contributed by atoms with Crippen molar-refractivity contribution in [2.24, 2.45) is 11.8 Å². The minimum absolute atomic E-state index is 0.0431. The molecular formula is C11H13F6N3O. The van der Waals surface area contributed by atoms with Crippen LogP contribution in [0.3, 0.4) is 0 Å². The van der Waals surface area contributed by atoms with Crippen molar-refractivity contribution in [1.82, 2.24) is 14.8 Å². The molecule has 0 atom stereocenters. The fourth-order valence-corrected chi connectivity index (χ4v) is 1.73. The van der Waals surface area contributed by atoms with Gasteiger partial charge in [0, 0.05) is 6.54 Å². The zero-order valence-corrected chi connectivity index (χ0v) is 11.2. The highest BCUT2D eigenvalue weighted by atomic mass is 19.4. The maximum Gasteiger partial charge on any atom is 0.407 e. The molecule has 0 fully saturated rings. The van der Waals surface area contributed by atoms with Gasteiger partial charge in [-0.3, -0.25) is 4.79 Å². The van der Waals surface area contributed by atoms with E-state index >= 15 is 0 Å². The molecule has 0 aliphatic carbocycles. The van der Waals surface area contributed by atoms with Crippen molar-refractivity contribution in [2.45, 2.75) is 39.2 Å². The van der Waals surface area contributed by atoms with Crippen molar-refractivity contribution < 1.29 is 31.1 Å². The second-order valence-corrected chi connectivity index (χ2v) is 4.91. The van der Waals surface area contributed by atoms with Crippen LogP contribution in [0.5, 0.6) is 0 Å². The molecule has 0 unspecified atom stereocenters. The van der Waals surface area contributed by atoms with Crippen LogP contribution < -0.4 is 0 Å². The quantitative estimate of drug-likeness (QED) is 0.785. The van der Waals surface area contributed by atoms with E-state index in [1.54, 1.807) is 13.8 Å². The van der Waals surface area contributed by atoms with Crippen LogP contribution in [-0.2, 0) is 17.8 Å². The van der Waals surface area contributed by atoms with Gasteiger partial charge in [-0.1, -0.05) is 13.8 Å². The van der Waals surface area contributed by atoms with Gasteiger partial charge in [-0.05, 0) is 5.92 Å². The average molecular weight is 317 g/mol. The first-order chi connectivity index (χ1) is 9.43. The molecule has 4 nitrogen and oxygen atoms in total. The van der Waals surface area contributed by atoms with Crippen molar-refractivity contribution in [1.29, 1.82) is 0 Å². The topological polar surface area (TPSA) is 47.8 Å². The lowest BCUT2D eigenvalue weighted by molar-refractivity contribution is -0.273. The van der Waals surface area contributed by atoms with E-state index in [-0.39, 0.29) is 18.3 Å². The molecule has 0 N–H and O–H groups in total. The number of carbonyl (C=O) groups is 1. The predicted molar refractivity (Wildman–Crippen MR) is 59.2 cm³/mol. The zero-order chi connectivity index (χ0) is 16.4. The van der Waals surface area contributed by atoms with E-state index in [1.807, 2.05) is 0 Å². The second-order valence-electron chi connectivity index (χ2n) is 4.91. The van der Waals surface area contributed by atoms with Crippen LogP contribution in [0.4, 0.5) is 26.3 Å². The Bertz CT molecular complexity index is 477. The maximum absolute atomic E-state index is 12.4. The Kier molecular flexibility index (Phi) is 5.00. The average Bonchev–Trinajstić information content (AvgIpc) is 2.59. The summed E-state index contributed by atoms with van der Waals surface area (Å²) in [6.45, 7) is 3.80. The lowest BCUT2D eigenvalue weighted by Gasteiger charge is -2.21. The molecule has 0 radical (unpaired) electrons. The second kappa shape index (κ2) is 6.02. The first kappa shape index (κ1) is 17.4. The molecule has 0 amide bonds. The van der Waals surface area contributed by atoms with Gasteiger partial charge >= 0.3 is 12.4 Å². The minimum Gasteiger partial charge on any atom is -0.298 e. The Morgan fingerprint density at radius 1 is 1.19 bits per heavy atom. The molecule has 0 spiro atoms. The van der Waals surface area contributed by atoms with Crippen molar-refractivity contribution in [2.75, 3.05) is 0 Å². The fourth-order valence-electron chi connectivity index (χ4n) is 1.73. The van der Waals surface area contributed by atoms with E-state index in [9.17, 15) is 31.1 Å². The molecule has 0 aromatic carbocycles. The molecule has 10 heteroatoms. The summed E-state index contributed by atoms with van der Waals surface area (Å²) >= 11 is 0. The van der Waals surface area contributed by atoms with Crippen molar-refractivity contribution in [3.05, 3.63) is 12.2 Å². The van der Waals surface area contributed by atoms with E-state index < -0.39 is 30.5 Å². The van der Waals surface area contributed by atoms with Gasteiger partial charge in [-0.25, -0.2) is 9.67 Å². The Hall–Kier alpha value is -1.61. The summed E-state index contributed by atoms with van der Waals surface area (Å²) in [5.74, 6) is -6.17. The molecular weight excluding hydrogens is 304 g/mol. The van der Waals surface area contributed by atoms with Gasteiger partial charge in [0.25, 0.3) is 0 Å². The molecule has 0 saturated heterocycles. The van der Waals surface area contributed by atoms with Crippen LogP contribution in [0, 0.1) is 11.8 Å². The third-order valence-corrected chi connectivity index (χ3v) is 2.54. The molecule has 1 aromatic rings. The van der Waals surface area contributed by atoms with Gasteiger partial charge in [0.2, 0.25) is 5.92 Å². The smallest absolute Gasteiger partial charge is 0.298 e. The van der Waals surface area contributed by atoms with Crippen LogP contribution in [-0.4, -0.2) is 32.9 Å². The Labute approximate surface area is 116 Å². The SMILES string of the molecule is CC(C)Cn1ncnc1CC(=O)C(C(F)(F)F)C(F)(F)F. The number of ketones is 1. The molecule has 1 rings (SSSR count). The Balaban J connectivity index is 2.96. The highest BCUT2D eigenvalue weighted by Crippen LogP contribution is 2.40. The zero-order valence-electron chi connectivity index (χ0n) is 11.2.